The van der Waals surface area contributed by atoms with Crippen LogP contribution in [0.3, 0.4) is 0 Å². The molecule has 0 aliphatic rings. The van der Waals surface area contributed by atoms with Gasteiger partial charge < -0.3 is 0 Å². The summed E-state index contributed by atoms with van der Waals surface area (Å²) >= 11 is 0.574. The average Bonchev–Trinajstić information content (AvgIpc) is 1.41. The smallest absolute Gasteiger partial charge is 0.149 e. The van der Waals surface area contributed by atoms with Crippen molar-refractivity contribution in [3.05, 3.63) is 0 Å². The van der Waals surface area contributed by atoms with E-state index in [4.69, 9.17) is 10.5 Å². The Balaban J connectivity index is 0. The van der Waals surface area contributed by atoms with E-state index in [0.717, 1.165) is 0 Å². The SMILES string of the molecule is C.N#CSC#N. The first-order chi connectivity index (χ1) is 2.41. The fraction of sp³-hybridized carbons (Fsp3) is 0.333. The molecular weight excluding hydrogens is 96.1 g/mol. The fourth-order valence-corrected chi connectivity index (χ4v) is 0.0612. The van der Waals surface area contributed by atoms with Crippen LogP contribution in [0.1, 0.15) is 7.43 Å². The van der Waals surface area contributed by atoms with Crippen LogP contribution >= 0.6 is 11.8 Å². The molecule has 0 fully saturated rings. The summed E-state index contributed by atoms with van der Waals surface area (Å²) in [5, 5.41) is 18.3. The zero-order valence-electron chi connectivity index (χ0n) is 2.30. The third-order valence-corrected chi connectivity index (χ3v) is 0.274. The molecule has 0 unspecified atom stereocenters. The van der Waals surface area contributed by atoms with Gasteiger partial charge in [0.15, 0.2) is 0 Å². The van der Waals surface area contributed by atoms with Crippen molar-refractivity contribution in [2.45, 2.75) is 7.43 Å². The van der Waals surface area contributed by atoms with E-state index in [-0.39, 0.29) is 7.43 Å². The first-order valence-electron chi connectivity index (χ1n) is 0.855. The Morgan fingerprint density at radius 3 is 1.50 bits per heavy atom. The maximum absolute atomic E-state index is 7.56. The van der Waals surface area contributed by atoms with Gasteiger partial charge in [-0.15, -0.1) is 0 Å². The molecule has 0 aromatic carbocycles. The highest BCUT2D eigenvalue weighted by molar-refractivity contribution is 8.07. The van der Waals surface area contributed by atoms with Gasteiger partial charge in [0, 0.05) is 0 Å². The van der Waals surface area contributed by atoms with Crippen LogP contribution in [0.15, 0.2) is 0 Å². The van der Waals surface area contributed by atoms with E-state index in [0.29, 0.717) is 11.8 Å². The topological polar surface area (TPSA) is 47.6 Å². The van der Waals surface area contributed by atoms with Crippen LogP contribution in [0.5, 0.6) is 0 Å². The van der Waals surface area contributed by atoms with Crippen LogP contribution in [0.25, 0.3) is 0 Å². The van der Waals surface area contributed by atoms with E-state index in [1.807, 2.05) is 0 Å². The van der Waals surface area contributed by atoms with Crippen molar-refractivity contribution in [2.24, 2.45) is 0 Å². The Morgan fingerprint density at radius 1 is 1.17 bits per heavy atom. The summed E-state index contributed by atoms with van der Waals surface area (Å²) in [5.74, 6) is 0. The standard InChI is InChI=1S/C2N2S.CH4/c3-1-5-2-4;/h;1H4. The molecule has 2 nitrogen and oxygen atoms in total. The summed E-state index contributed by atoms with van der Waals surface area (Å²) in [5.41, 5.74) is 0. The van der Waals surface area contributed by atoms with Crippen LogP contribution in [0.4, 0.5) is 0 Å². The predicted molar refractivity (Wildman–Crippen MR) is 25.5 cm³/mol. The minimum atomic E-state index is 0. The van der Waals surface area contributed by atoms with Crippen LogP contribution in [-0.2, 0) is 0 Å². The molecule has 0 aliphatic heterocycles. The van der Waals surface area contributed by atoms with Crippen LogP contribution < -0.4 is 0 Å². The minimum absolute atomic E-state index is 0. The van der Waals surface area contributed by atoms with Crippen molar-refractivity contribution in [1.29, 1.82) is 10.5 Å². The lowest BCUT2D eigenvalue weighted by atomic mass is 11.8. The number of rotatable bonds is 0. The summed E-state index contributed by atoms with van der Waals surface area (Å²) in [6.07, 6.45) is 0. The first kappa shape index (κ1) is 9.01. The molecule has 0 aromatic rings. The number of hydrogen-bond acceptors (Lipinski definition) is 3. The molecule has 0 rings (SSSR count). The molecule has 0 saturated heterocycles. The summed E-state index contributed by atoms with van der Waals surface area (Å²) < 4.78 is 0. The average molecular weight is 100 g/mol. The number of nitriles is 2. The first-order valence-corrected chi connectivity index (χ1v) is 1.67. The lowest BCUT2D eigenvalue weighted by Crippen LogP contribution is -1.29. The molecule has 3 heteroatoms. The van der Waals surface area contributed by atoms with E-state index in [1.165, 1.54) is 0 Å². The maximum atomic E-state index is 7.56. The highest BCUT2D eigenvalue weighted by Crippen LogP contribution is 1.85. The van der Waals surface area contributed by atoms with Crippen molar-refractivity contribution in [3.8, 4) is 10.8 Å². The minimum Gasteiger partial charge on any atom is -0.184 e. The van der Waals surface area contributed by atoms with Gasteiger partial charge in [0.05, 0.1) is 11.8 Å². The van der Waals surface area contributed by atoms with Gasteiger partial charge in [0.2, 0.25) is 0 Å². The zero-order valence-corrected chi connectivity index (χ0v) is 3.12. The molecule has 0 saturated carbocycles. The van der Waals surface area contributed by atoms with Gasteiger partial charge in [-0.05, 0) is 0 Å². The van der Waals surface area contributed by atoms with Crippen LogP contribution in [-0.4, -0.2) is 0 Å². The third-order valence-electron chi connectivity index (χ3n) is 0.0913. The molecule has 0 aliphatic carbocycles. The second-order valence-corrected chi connectivity index (χ2v) is 0.854. The van der Waals surface area contributed by atoms with Gasteiger partial charge in [-0.2, -0.15) is 10.5 Å². The second-order valence-electron chi connectivity index (χ2n) is 0.285. The second kappa shape index (κ2) is 8.84. The lowest BCUT2D eigenvalue weighted by molar-refractivity contribution is 1.56. The molecule has 0 atom stereocenters. The molecular formula is C3H4N2S. The van der Waals surface area contributed by atoms with Crippen molar-refractivity contribution < 1.29 is 0 Å². The largest absolute Gasteiger partial charge is 0.184 e. The molecule has 32 valence electrons. The zero-order chi connectivity index (χ0) is 4.12. The third kappa shape index (κ3) is 10.2. The van der Waals surface area contributed by atoms with Gasteiger partial charge in [-0.3, -0.25) is 0 Å². The summed E-state index contributed by atoms with van der Waals surface area (Å²) in [6, 6.07) is 0. The van der Waals surface area contributed by atoms with Crippen LogP contribution in [0, 0.1) is 21.3 Å². The van der Waals surface area contributed by atoms with E-state index in [2.05, 4.69) is 0 Å². The maximum Gasteiger partial charge on any atom is 0.149 e. The normalized spacial score (nSPS) is 3.67. The van der Waals surface area contributed by atoms with Gasteiger partial charge in [0.1, 0.15) is 10.8 Å². The number of thiocyanates is 2. The van der Waals surface area contributed by atoms with Crippen molar-refractivity contribution in [3.63, 3.8) is 0 Å². The molecule has 0 aromatic heterocycles. The van der Waals surface area contributed by atoms with E-state index >= 15 is 0 Å². The summed E-state index contributed by atoms with van der Waals surface area (Å²) in [7, 11) is 0. The van der Waals surface area contributed by atoms with E-state index in [9.17, 15) is 0 Å². The fourth-order valence-electron chi connectivity index (χ4n) is 0.0204. The molecule has 0 amide bonds. The predicted octanol–water partition coefficient (Wildman–Crippen LogP) is 1.32. The van der Waals surface area contributed by atoms with E-state index < -0.39 is 0 Å². The van der Waals surface area contributed by atoms with Crippen molar-refractivity contribution >= 4 is 11.8 Å². The summed E-state index contributed by atoms with van der Waals surface area (Å²) in [6.45, 7) is 0. The highest BCUT2D eigenvalue weighted by Gasteiger charge is 1.62. The molecule has 0 bridgehead atoms. The van der Waals surface area contributed by atoms with Gasteiger partial charge in [-0.25, -0.2) is 0 Å². The Morgan fingerprint density at radius 2 is 1.50 bits per heavy atom. The molecule has 0 heterocycles. The monoisotopic (exact) mass is 100 g/mol. The summed E-state index contributed by atoms with van der Waals surface area (Å²) in [4.78, 5) is 0. The van der Waals surface area contributed by atoms with Crippen molar-refractivity contribution in [2.75, 3.05) is 0 Å². The van der Waals surface area contributed by atoms with E-state index in [1.54, 1.807) is 10.8 Å². The number of hydrogen-bond donors (Lipinski definition) is 0. The molecule has 0 radical (unpaired) electrons. The van der Waals surface area contributed by atoms with Gasteiger partial charge >= 0.3 is 0 Å². The highest BCUT2D eigenvalue weighted by atomic mass is 32.2. The Kier molecular flexibility index (Phi) is 13.3. The Labute approximate surface area is 41.4 Å². The molecule has 0 spiro atoms. The van der Waals surface area contributed by atoms with Crippen LogP contribution in [0.2, 0.25) is 0 Å². The number of nitrogens with zero attached hydrogens (tertiary/aromatic N) is 2. The van der Waals surface area contributed by atoms with Gasteiger partial charge in [0.25, 0.3) is 0 Å². The number of thioether (sulfide) groups is 1. The lowest BCUT2D eigenvalue weighted by Gasteiger charge is -1.44. The molecule has 0 N–H and O–H groups in total. The van der Waals surface area contributed by atoms with Crippen molar-refractivity contribution in [1.82, 2.24) is 0 Å². The molecule has 6 heavy (non-hydrogen) atoms. The quantitative estimate of drug-likeness (QED) is 0.431. The van der Waals surface area contributed by atoms with Gasteiger partial charge in [-0.1, -0.05) is 7.43 Å². The Bertz CT molecular complexity index is 73.9. The Hall–Kier alpha value is -0.670.